The highest BCUT2D eigenvalue weighted by Crippen LogP contribution is 2.28. The number of rotatable bonds is 5. The number of nitriles is 1. The zero-order valence-corrected chi connectivity index (χ0v) is 11.5. The SMILES string of the molecule is CN(CCC#N)S(=O)(=O)c1cc([N+](=O)[O-])ccc1Cl. The molecular formula is C10H10ClN3O4S. The van der Waals surface area contributed by atoms with Crippen molar-refractivity contribution in [2.24, 2.45) is 0 Å². The average Bonchev–Trinajstić information content (AvgIpc) is 2.35. The van der Waals surface area contributed by atoms with Gasteiger partial charge in [0.05, 0.1) is 16.0 Å². The number of non-ortho nitro benzene ring substituents is 1. The Morgan fingerprint density at radius 1 is 1.53 bits per heavy atom. The lowest BCUT2D eigenvalue weighted by atomic mass is 10.3. The zero-order valence-electron chi connectivity index (χ0n) is 9.91. The van der Waals surface area contributed by atoms with Crippen LogP contribution in [-0.2, 0) is 10.0 Å². The molecule has 0 radical (unpaired) electrons. The van der Waals surface area contributed by atoms with E-state index < -0.39 is 14.9 Å². The smallest absolute Gasteiger partial charge is 0.258 e. The maximum atomic E-state index is 12.1. The Labute approximate surface area is 115 Å². The molecule has 0 unspecified atom stereocenters. The van der Waals surface area contributed by atoms with Gasteiger partial charge in [-0.05, 0) is 6.07 Å². The van der Waals surface area contributed by atoms with E-state index in [2.05, 4.69) is 0 Å². The van der Waals surface area contributed by atoms with Crippen molar-refractivity contribution in [3.05, 3.63) is 33.3 Å². The molecule has 1 rings (SSSR count). The maximum absolute atomic E-state index is 12.1. The first kappa shape index (κ1) is 15.4. The van der Waals surface area contributed by atoms with Crippen molar-refractivity contribution < 1.29 is 13.3 Å². The molecule has 9 heteroatoms. The Balaban J connectivity index is 3.24. The molecule has 7 nitrogen and oxygen atoms in total. The summed E-state index contributed by atoms with van der Waals surface area (Å²) in [5, 5.41) is 19.0. The molecule has 0 saturated carbocycles. The van der Waals surface area contributed by atoms with Crippen LogP contribution in [-0.4, -0.2) is 31.2 Å². The molecule has 0 aliphatic rings. The van der Waals surface area contributed by atoms with Gasteiger partial charge in [0.1, 0.15) is 4.90 Å². The van der Waals surface area contributed by atoms with Crippen LogP contribution in [0.25, 0.3) is 0 Å². The minimum Gasteiger partial charge on any atom is -0.258 e. The van der Waals surface area contributed by atoms with Gasteiger partial charge >= 0.3 is 0 Å². The van der Waals surface area contributed by atoms with E-state index in [4.69, 9.17) is 16.9 Å². The molecule has 0 atom stereocenters. The molecular weight excluding hydrogens is 294 g/mol. The molecule has 0 saturated heterocycles. The number of hydrogen-bond donors (Lipinski definition) is 0. The molecule has 0 spiro atoms. The minimum absolute atomic E-state index is 0.0160. The van der Waals surface area contributed by atoms with Crippen LogP contribution in [0.5, 0.6) is 0 Å². The molecule has 102 valence electrons. The van der Waals surface area contributed by atoms with Crippen LogP contribution in [0.2, 0.25) is 5.02 Å². The summed E-state index contributed by atoms with van der Waals surface area (Å²) in [6.07, 6.45) is 0.0161. The summed E-state index contributed by atoms with van der Waals surface area (Å²) < 4.78 is 25.2. The monoisotopic (exact) mass is 303 g/mol. The Kier molecular flexibility index (Phi) is 4.83. The van der Waals surface area contributed by atoms with Crippen LogP contribution in [0.4, 0.5) is 5.69 Å². The predicted octanol–water partition coefficient (Wildman–Crippen LogP) is 1.78. The highest BCUT2D eigenvalue weighted by molar-refractivity contribution is 7.89. The summed E-state index contributed by atoms with van der Waals surface area (Å²) in [7, 11) is -2.67. The second-order valence-corrected chi connectivity index (χ2v) is 6.03. The second kappa shape index (κ2) is 5.97. The van der Waals surface area contributed by atoms with Crippen LogP contribution in [0.3, 0.4) is 0 Å². The standard InChI is InChI=1S/C10H10ClN3O4S/c1-13(6-2-5-12)19(17,18)10-7-8(14(15)16)3-4-9(10)11/h3-4,7H,2,6H2,1H3. The maximum Gasteiger partial charge on any atom is 0.270 e. The number of nitro benzene ring substituents is 1. The molecule has 0 aromatic heterocycles. The van der Waals surface area contributed by atoms with Gasteiger partial charge in [-0.25, -0.2) is 8.42 Å². The highest BCUT2D eigenvalue weighted by Gasteiger charge is 2.25. The summed E-state index contributed by atoms with van der Waals surface area (Å²) >= 11 is 5.77. The Hall–Kier alpha value is -1.69. The second-order valence-electron chi connectivity index (χ2n) is 3.61. The highest BCUT2D eigenvalue weighted by atomic mass is 35.5. The van der Waals surface area contributed by atoms with Crippen LogP contribution in [0, 0.1) is 21.4 Å². The van der Waals surface area contributed by atoms with Crippen molar-refractivity contribution in [3.8, 4) is 6.07 Å². The van der Waals surface area contributed by atoms with Crippen molar-refractivity contribution in [1.29, 1.82) is 5.26 Å². The fraction of sp³-hybridized carbons (Fsp3) is 0.300. The molecule has 19 heavy (non-hydrogen) atoms. The van der Waals surface area contributed by atoms with Crippen molar-refractivity contribution in [3.63, 3.8) is 0 Å². The average molecular weight is 304 g/mol. The van der Waals surface area contributed by atoms with Gasteiger partial charge < -0.3 is 0 Å². The third-order valence-corrected chi connectivity index (χ3v) is 4.69. The van der Waals surface area contributed by atoms with Crippen LogP contribution < -0.4 is 0 Å². The van der Waals surface area contributed by atoms with Gasteiger partial charge in [-0.3, -0.25) is 10.1 Å². The number of nitro groups is 1. The van der Waals surface area contributed by atoms with E-state index in [-0.39, 0.29) is 28.6 Å². The minimum atomic E-state index is -3.95. The first-order valence-electron chi connectivity index (χ1n) is 5.08. The fourth-order valence-electron chi connectivity index (χ4n) is 1.30. The van der Waals surface area contributed by atoms with Gasteiger partial charge in [-0.15, -0.1) is 0 Å². The number of halogens is 1. The molecule has 0 fully saturated rings. The summed E-state index contributed by atoms with van der Waals surface area (Å²) in [4.78, 5) is 9.60. The lowest BCUT2D eigenvalue weighted by Crippen LogP contribution is -2.28. The first-order chi connectivity index (χ1) is 8.80. The summed E-state index contributed by atoms with van der Waals surface area (Å²) in [6, 6.07) is 5.00. The largest absolute Gasteiger partial charge is 0.270 e. The van der Waals surface area contributed by atoms with E-state index in [0.29, 0.717) is 0 Å². The quantitative estimate of drug-likeness (QED) is 0.609. The lowest BCUT2D eigenvalue weighted by Gasteiger charge is -2.16. The van der Waals surface area contributed by atoms with Crippen molar-refractivity contribution in [1.82, 2.24) is 4.31 Å². The third-order valence-electron chi connectivity index (χ3n) is 2.35. The topological polar surface area (TPSA) is 104 Å². The Morgan fingerprint density at radius 2 is 2.16 bits per heavy atom. The molecule has 0 aliphatic heterocycles. The molecule has 0 amide bonds. The molecule has 0 heterocycles. The Morgan fingerprint density at radius 3 is 2.68 bits per heavy atom. The Bertz CT molecular complexity index is 639. The number of nitrogens with zero attached hydrogens (tertiary/aromatic N) is 3. The molecule has 1 aromatic carbocycles. The van der Waals surface area contributed by atoms with Crippen molar-refractivity contribution in [2.45, 2.75) is 11.3 Å². The van der Waals surface area contributed by atoms with Crippen molar-refractivity contribution >= 4 is 27.3 Å². The van der Waals surface area contributed by atoms with Crippen LogP contribution in [0.15, 0.2) is 23.1 Å². The normalized spacial score (nSPS) is 11.3. The summed E-state index contributed by atoms with van der Waals surface area (Å²) in [5.74, 6) is 0. The van der Waals surface area contributed by atoms with E-state index in [1.807, 2.05) is 6.07 Å². The van der Waals surface area contributed by atoms with E-state index >= 15 is 0 Å². The molecule has 0 bridgehead atoms. The van der Waals surface area contributed by atoms with Crippen molar-refractivity contribution in [2.75, 3.05) is 13.6 Å². The molecule has 0 N–H and O–H groups in total. The van der Waals surface area contributed by atoms with Gasteiger partial charge in [-0.2, -0.15) is 9.57 Å². The number of sulfonamides is 1. The van der Waals surface area contributed by atoms with E-state index in [0.717, 1.165) is 22.5 Å². The zero-order chi connectivity index (χ0) is 14.6. The van der Waals surface area contributed by atoms with Gasteiger partial charge in [0.25, 0.3) is 5.69 Å². The fourth-order valence-corrected chi connectivity index (χ4v) is 2.96. The third kappa shape index (κ3) is 3.41. The van der Waals surface area contributed by atoms with Crippen LogP contribution in [0.1, 0.15) is 6.42 Å². The van der Waals surface area contributed by atoms with Gasteiger partial charge in [0, 0.05) is 32.1 Å². The van der Waals surface area contributed by atoms with Gasteiger partial charge in [0.15, 0.2) is 0 Å². The predicted molar refractivity (Wildman–Crippen MR) is 68.2 cm³/mol. The van der Waals surface area contributed by atoms with Gasteiger partial charge in [-0.1, -0.05) is 11.6 Å². The molecule has 0 aliphatic carbocycles. The van der Waals surface area contributed by atoms with E-state index in [1.165, 1.54) is 7.05 Å². The summed E-state index contributed by atoms with van der Waals surface area (Å²) in [6.45, 7) is -0.0160. The number of benzene rings is 1. The van der Waals surface area contributed by atoms with Gasteiger partial charge in [0.2, 0.25) is 10.0 Å². The van der Waals surface area contributed by atoms with E-state index in [1.54, 1.807) is 0 Å². The van der Waals surface area contributed by atoms with Crippen LogP contribution >= 0.6 is 11.6 Å². The molecule has 1 aromatic rings. The lowest BCUT2D eigenvalue weighted by molar-refractivity contribution is -0.385. The first-order valence-corrected chi connectivity index (χ1v) is 6.89. The summed E-state index contributed by atoms with van der Waals surface area (Å²) in [5.41, 5.74) is -0.364. The van der Waals surface area contributed by atoms with E-state index in [9.17, 15) is 18.5 Å². The number of hydrogen-bond acceptors (Lipinski definition) is 5.